The van der Waals surface area contributed by atoms with Crippen molar-refractivity contribution in [3.8, 4) is 0 Å². The molecule has 2 aromatic rings. The van der Waals surface area contributed by atoms with Gasteiger partial charge in [-0.25, -0.2) is 0 Å². The van der Waals surface area contributed by atoms with Gasteiger partial charge in [-0.05, 0) is 18.9 Å². The van der Waals surface area contributed by atoms with Gasteiger partial charge in [-0.15, -0.1) is 0 Å². The fourth-order valence-corrected chi connectivity index (χ4v) is 1.73. The summed E-state index contributed by atoms with van der Waals surface area (Å²) in [6.07, 6.45) is 3.39. The van der Waals surface area contributed by atoms with Gasteiger partial charge in [0, 0.05) is 10.9 Å². The zero-order valence-corrected chi connectivity index (χ0v) is 7.16. The average molecular weight is 174 g/mol. The monoisotopic (exact) mass is 174 g/mol. The molecule has 1 aliphatic carbocycles. The second kappa shape index (κ2) is 2.15. The highest BCUT2D eigenvalue weighted by Gasteiger charge is 2.44. The number of para-hydroxylation sites is 1. The van der Waals surface area contributed by atoms with Crippen molar-refractivity contribution in [2.75, 3.05) is 0 Å². The molecule has 13 heavy (non-hydrogen) atoms. The van der Waals surface area contributed by atoms with Gasteiger partial charge in [0.1, 0.15) is 5.58 Å². The Bertz CT molecular complexity index is 452. The zero-order valence-electron chi connectivity index (χ0n) is 7.16. The summed E-state index contributed by atoms with van der Waals surface area (Å²) < 4.78 is 5.36. The minimum absolute atomic E-state index is 0.591. The van der Waals surface area contributed by atoms with Crippen LogP contribution < -0.4 is 0 Å². The van der Waals surface area contributed by atoms with Gasteiger partial charge in [0.25, 0.3) is 0 Å². The van der Waals surface area contributed by atoms with Crippen molar-refractivity contribution in [3.05, 3.63) is 36.1 Å². The molecule has 0 spiro atoms. The van der Waals surface area contributed by atoms with E-state index in [1.807, 2.05) is 24.3 Å². The molecule has 1 aliphatic rings. The van der Waals surface area contributed by atoms with Crippen LogP contribution in [0.5, 0.6) is 0 Å². The van der Waals surface area contributed by atoms with Crippen molar-refractivity contribution < 1.29 is 9.52 Å². The molecule has 1 N–H and O–H groups in total. The third-order valence-corrected chi connectivity index (χ3v) is 2.71. The van der Waals surface area contributed by atoms with Gasteiger partial charge in [0.05, 0.1) is 11.9 Å². The lowest BCUT2D eigenvalue weighted by Crippen LogP contribution is -2.02. The van der Waals surface area contributed by atoms with Crippen LogP contribution in [0.1, 0.15) is 18.4 Å². The van der Waals surface area contributed by atoms with Gasteiger partial charge >= 0.3 is 0 Å². The van der Waals surface area contributed by atoms with Gasteiger partial charge in [-0.3, -0.25) is 0 Å². The van der Waals surface area contributed by atoms with E-state index < -0.39 is 5.60 Å². The number of fused-ring (bicyclic) bond motifs is 1. The van der Waals surface area contributed by atoms with Crippen molar-refractivity contribution in [1.82, 2.24) is 0 Å². The Morgan fingerprint density at radius 1 is 1.23 bits per heavy atom. The lowest BCUT2D eigenvalue weighted by molar-refractivity contribution is 0.152. The fourth-order valence-electron chi connectivity index (χ4n) is 1.73. The molecule has 0 bridgehead atoms. The zero-order chi connectivity index (χ0) is 8.89. The predicted molar refractivity (Wildman–Crippen MR) is 49.3 cm³/mol. The summed E-state index contributed by atoms with van der Waals surface area (Å²) in [7, 11) is 0. The predicted octanol–water partition coefficient (Wildman–Crippen LogP) is 2.41. The van der Waals surface area contributed by atoms with Crippen LogP contribution >= 0.6 is 0 Å². The molecule has 1 saturated carbocycles. The summed E-state index contributed by atoms with van der Waals surface area (Å²) in [4.78, 5) is 0. The number of benzene rings is 1. The van der Waals surface area contributed by atoms with E-state index in [1.165, 1.54) is 0 Å². The molecule has 2 heteroatoms. The first-order chi connectivity index (χ1) is 6.30. The second-order valence-electron chi connectivity index (χ2n) is 3.68. The molecule has 0 radical (unpaired) electrons. The lowest BCUT2D eigenvalue weighted by atomic mass is 10.1. The number of furan rings is 1. The lowest BCUT2D eigenvalue weighted by Gasteiger charge is -2.03. The fraction of sp³-hybridized carbons (Fsp3) is 0.273. The highest BCUT2D eigenvalue weighted by molar-refractivity contribution is 5.82. The third-order valence-electron chi connectivity index (χ3n) is 2.71. The summed E-state index contributed by atoms with van der Waals surface area (Å²) in [6.45, 7) is 0. The standard InChI is InChI=1S/C11H10O2/c12-11(5-6-11)9-7-13-10-4-2-1-3-8(9)10/h1-4,7,12H,5-6H2. The van der Waals surface area contributed by atoms with Crippen LogP contribution in [0.4, 0.5) is 0 Å². The molecule has 3 rings (SSSR count). The molecular weight excluding hydrogens is 164 g/mol. The summed E-state index contributed by atoms with van der Waals surface area (Å²) in [6, 6.07) is 7.81. The van der Waals surface area contributed by atoms with Crippen molar-refractivity contribution in [2.45, 2.75) is 18.4 Å². The Morgan fingerprint density at radius 3 is 2.77 bits per heavy atom. The second-order valence-corrected chi connectivity index (χ2v) is 3.68. The molecule has 1 heterocycles. The number of rotatable bonds is 1. The average Bonchev–Trinajstić information content (AvgIpc) is 2.76. The molecule has 1 aromatic carbocycles. The Morgan fingerprint density at radius 2 is 2.00 bits per heavy atom. The van der Waals surface area contributed by atoms with Gasteiger partial charge < -0.3 is 9.52 Å². The molecule has 66 valence electrons. The van der Waals surface area contributed by atoms with E-state index in [-0.39, 0.29) is 0 Å². The minimum atomic E-state index is -0.591. The molecule has 0 unspecified atom stereocenters. The van der Waals surface area contributed by atoms with E-state index >= 15 is 0 Å². The van der Waals surface area contributed by atoms with Gasteiger partial charge in [-0.2, -0.15) is 0 Å². The van der Waals surface area contributed by atoms with Gasteiger partial charge in [0.15, 0.2) is 0 Å². The van der Waals surface area contributed by atoms with Crippen LogP contribution in [0.2, 0.25) is 0 Å². The summed E-state index contributed by atoms with van der Waals surface area (Å²) in [5.41, 5.74) is 1.22. The molecule has 1 fully saturated rings. The first-order valence-corrected chi connectivity index (χ1v) is 4.49. The van der Waals surface area contributed by atoms with Crippen LogP contribution in [0.25, 0.3) is 11.0 Å². The molecule has 2 nitrogen and oxygen atoms in total. The largest absolute Gasteiger partial charge is 0.464 e. The SMILES string of the molecule is OC1(c2coc3ccccc23)CC1. The van der Waals surface area contributed by atoms with E-state index in [0.29, 0.717) is 0 Å². The van der Waals surface area contributed by atoms with Crippen molar-refractivity contribution in [3.63, 3.8) is 0 Å². The summed E-state index contributed by atoms with van der Waals surface area (Å²) in [5, 5.41) is 11.0. The molecule has 0 amide bonds. The first-order valence-electron chi connectivity index (χ1n) is 4.49. The summed E-state index contributed by atoms with van der Waals surface area (Å²) >= 11 is 0. The molecule has 0 aliphatic heterocycles. The molecular formula is C11H10O2. The van der Waals surface area contributed by atoms with Gasteiger partial charge in [0.2, 0.25) is 0 Å². The van der Waals surface area contributed by atoms with Crippen LogP contribution in [-0.2, 0) is 5.60 Å². The van der Waals surface area contributed by atoms with Crippen molar-refractivity contribution >= 4 is 11.0 Å². The van der Waals surface area contributed by atoms with Crippen molar-refractivity contribution in [2.24, 2.45) is 0 Å². The Balaban J connectivity index is 2.30. The highest BCUT2D eigenvalue weighted by Crippen LogP contribution is 2.48. The Hall–Kier alpha value is -1.28. The van der Waals surface area contributed by atoms with E-state index in [1.54, 1.807) is 6.26 Å². The normalized spacial score (nSPS) is 19.2. The number of aliphatic hydroxyl groups is 1. The van der Waals surface area contributed by atoms with Crippen molar-refractivity contribution in [1.29, 1.82) is 0 Å². The van der Waals surface area contributed by atoms with Crippen LogP contribution in [0.3, 0.4) is 0 Å². The van der Waals surface area contributed by atoms with Gasteiger partial charge in [-0.1, -0.05) is 18.2 Å². The van der Waals surface area contributed by atoms with E-state index in [4.69, 9.17) is 4.42 Å². The molecule has 0 saturated heterocycles. The van der Waals surface area contributed by atoms with E-state index in [0.717, 1.165) is 29.4 Å². The maximum atomic E-state index is 9.93. The Labute approximate surface area is 75.8 Å². The van der Waals surface area contributed by atoms with Crippen LogP contribution in [0, 0.1) is 0 Å². The summed E-state index contributed by atoms with van der Waals surface area (Å²) in [5.74, 6) is 0. The Kier molecular flexibility index (Phi) is 1.18. The smallest absolute Gasteiger partial charge is 0.134 e. The van der Waals surface area contributed by atoms with Crippen LogP contribution in [-0.4, -0.2) is 5.11 Å². The topological polar surface area (TPSA) is 33.4 Å². The third kappa shape index (κ3) is 0.923. The minimum Gasteiger partial charge on any atom is -0.464 e. The molecule has 0 atom stereocenters. The number of hydrogen-bond donors (Lipinski definition) is 1. The van der Waals surface area contributed by atoms with E-state index in [2.05, 4.69) is 0 Å². The highest BCUT2D eigenvalue weighted by atomic mass is 16.3. The van der Waals surface area contributed by atoms with E-state index in [9.17, 15) is 5.11 Å². The molecule has 1 aromatic heterocycles. The first kappa shape index (κ1) is 7.15. The maximum absolute atomic E-state index is 9.93. The van der Waals surface area contributed by atoms with Crippen LogP contribution in [0.15, 0.2) is 34.9 Å². The maximum Gasteiger partial charge on any atom is 0.134 e. The number of hydrogen-bond acceptors (Lipinski definition) is 2. The quantitative estimate of drug-likeness (QED) is 0.720.